The molecule has 0 aliphatic carbocycles. The second-order valence-corrected chi connectivity index (χ2v) is 7.67. The van der Waals surface area contributed by atoms with Crippen LogP contribution >= 0.6 is 7.82 Å². The van der Waals surface area contributed by atoms with Gasteiger partial charge in [0.1, 0.15) is 12.6 Å². The summed E-state index contributed by atoms with van der Waals surface area (Å²) in [5.74, 6) is 0. The number of phosphoric acid groups is 1. The van der Waals surface area contributed by atoms with Gasteiger partial charge in [0.05, 0.1) is 27.7 Å². The number of likely N-dealkylation sites (N-methyl/N-ethyl adjacent to an activating group) is 1. The molecule has 23 heavy (non-hydrogen) atoms. The summed E-state index contributed by atoms with van der Waals surface area (Å²) in [7, 11) is 1.33. The molecule has 0 fully saturated rings. The van der Waals surface area contributed by atoms with Crippen molar-refractivity contribution >= 4 is 13.9 Å². The Morgan fingerprint density at radius 2 is 1.87 bits per heavy atom. The Hall–Kier alpha value is -1.01. The Morgan fingerprint density at radius 1 is 1.26 bits per heavy atom. The monoisotopic (exact) mass is 344 g/mol. The number of hydrogen-bond donors (Lipinski definition) is 2. The van der Waals surface area contributed by atoms with E-state index in [0.717, 1.165) is 11.1 Å². The third-order valence-electron chi connectivity index (χ3n) is 3.11. The molecule has 0 aromatic heterocycles. The van der Waals surface area contributed by atoms with Gasteiger partial charge in [-0.1, -0.05) is 36.9 Å². The van der Waals surface area contributed by atoms with E-state index in [2.05, 4.69) is 6.58 Å². The van der Waals surface area contributed by atoms with Gasteiger partial charge in [0.2, 0.25) is 0 Å². The largest absolute Gasteiger partial charge is 0.470 e. The van der Waals surface area contributed by atoms with Gasteiger partial charge in [0, 0.05) is 13.0 Å². The summed E-state index contributed by atoms with van der Waals surface area (Å²) in [5.41, 5.74) is 2.08. The lowest BCUT2D eigenvalue weighted by atomic mass is 10.1. The first-order valence-electron chi connectivity index (χ1n) is 7.42. The highest BCUT2D eigenvalue weighted by Gasteiger charge is 2.26. The lowest BCUT2D eigenvalue weighted by Crippen LogP contribution is -2.42. The number of hydrogen-bond acceptors (Lipinski definition) is 3. The first-order valence-corrected chi connectivity index (χ1v) is 8.95. The first-order chi connectivity index (χ1) is 10.6. The van der Waals surface area contributed by atoms with E-state index in [4.69, 9.17) is 19.0 Å². The maximum Gasteiger partial charge on any atom is 0.470 e. The molecule has 0 aliphatic rings. The summed E-state index contributed by atoms with van der Waals surface area (Å²) in [6.07, 6.45) is 1.64. The van der Waals surface area contributed by atoms with Gasteiger partial charge >= 0.3 is 7.82 Å². The van der Waals surface area contributed by atoms with E-state index in [0.29, 0.717) is 30.7 Å². The van der Waals surface area contributed by atoms with Gasteiger partial charge in [-0.2, -0.15) is 0 Å². The molecule has 0 spiro atoms. The SMILES string of the molecule is C=Cc1ccc(COCCC(C[N+](C)(C)C)OP(=O)(O)O)cc1. The van der Waals surface area contributed by atoms with E-state index >= 15 is 0 Å². The van der Waals surface area contributed by atoms with Gasteiger partial charge < -0.3 is 19.0 Å². The summed E-state index contributed by atoms with van der Waals surface area (Å²) >= 11 is 0. The summed E-state index contributed by atoms with van der Waals surface area (Å²) < 4.78 is 22.1. The van der Waals surface area contributed by atoms with Gasteiger partial charge in [-0.25, -0.2) is 4.57 Å². The van der Waals surface area contributed by atoms with Crippen LogP contribution in [-0.2, 0) is 20.4 Å². The predicted molar refractivity (Wildman–Crippen MR) is 90.6 cm³/mol. The third-order valence-corrected chi connectivity index (χ3v) is 3.68. The van der Waals surface area contributed by atoms with Crippen LogP contribution < -0.4 is 0 Å². The van der Waals surface area contributed by atoms with Crippen molar-refractivity contribution in [1.82, 2.24) is 0 Å². The average molecular weight is 344 g/mol. The topological polar surface area (TPSA) is 76.0 Å². The van der Waals surface area contributed by atoms with Crippen molar-refractivity contribution in [3.8, 4) is 0 Å². The molecule has 0 amide bonds. The fraction of sp³-hybridized carbons (Fsp3) is 0.500. The van der Waals surface area contributed by atoms with Crippen LogP contribution in [0.2, 0.25) is 0 Å². The lowest BCUT2D eigenvalue weighted by molar-refractivity contribution is -0.873. The minimum absolute atomic E-state index is 0.369. The van der Waals surface area contributed by atoms with Gasteiger partial charge in [0.15, 0.2) is 0 Å². The molecular weight excluding hydrogens is 317 g/mol. The Kier molecular flexibility index (Phi) is 7.61. The van der Waals surface area contributed by atoms with E-state index in [1.165, 1.54) is 0 Å². The number of benzene rings is 1. The van der Waals surface area contributed by atoms with Crippen LogP contribution in [-0.4, -0.2) is 54.7 Å². The standard InChI is InChI=1S/C16H26NO5P/c1-5-14-6-8-15(9-7-14)13-21-11-10-16(12-17(2,3)4)22-23(18,19)20/h5-9,16H,1,10-13H2,2-4H3,(H-,18,19,20)/p+1. The number of nitrogens with zero attached hydrogens (tertiary/aromatic N) is 1. The van der Waals surface area contributed by atoms with Crippen LogP contribution in [0.25, 0.3) is 6.08 Å². The number of phosphoric ester groups is 1. The summed E-state index contributed by atoms with van der Waals surface area (Å²) in [6, 6.07) is 7.85. The highest BCUT2D eigenvalue weighted by molar-refractivity contribution is 7.46. The Bertz CT molecular complexity index is 532. The molecule has 1 atom stereocenters. The highest BCUT2D eigenvalue weighted by atomic mass is 31.2. The second-order valence-electron chi connectivity index (χ2n) is 6.48. The van der Waals surface area contributed by atoms with Crippen molar-refractivity contribution in [2.24, 2.45) is 0 Å². The van der Waals surface area contributed by atoms with Crippen molar-refractivity contribution in [3.05, 3.63) is 42.0 Å². The van der Waals surface area contributed by atoms with Crippen molar-refractivity contribution < 1.29 is 28.1 Å². The van der Waals surface area contributed by atoms with E-state index in [9.17, 15) is 4.57 Å². The summed E-state index contributed by atoms with van der Waals surface area (Å²) in [4.78, 5) is 18.0. The summed E-state index contributed by atoms with van der Waals surface area (Å²) in [5, 5.41) is 0. The molecule has 0 heterocycles. The molecule has 0 saturated heterocycles. The van der Waals surface area contributed by atoms with Gasteiger partial charge in [0.25, 0.3) is 0 Å². The molecule has 130 valence electrons. The highest BCUT2D eigenvalue weighted by Crippen LogP contribution is 2.38. The molecule has 1 aromatic rings. The molecule has 1 unspecified atom stereocenters. The maximum absolute atomic E-state index is 11.1. The fourth-order valence-electron chi connectivity index (χ4n) is 2.14. The van der Waals surface area contributed by atoms with Crippen molar-refractivity contribution in [3.63, 3.8) is 0 Å². The van der Waals surface area contributed by atoms with Gasteiger partial charge in [-0.15, -0.1) is 0 Å². The average Bonchev–Trinajstić information content (AvgIpc) is 2.40. The molecule has 0 bridgehead atoms. The number of quaternary nitrogens is 1. The van der Waals surface area contributed by atoms with E-state index in [1.54, 1.807) is 6.08 Å². The lowest BCUT2D eigenvalue weighted by Gasteiger charge is -2.29. The van der Waals surface area contributed by atoms with Crippen LogP contribution in [0.4, 0.5) is 0 Å². The van der Waals surface area contributed by atoms with Crippen LogP contribution in [0, 0.1) is 0 Å². The van der Waals surface area contributed by atoms with Crippen molar-refractivity contribution in [2.45, 2.75) is 19.1 Å². The van der Waals surface area contributed by atoms with E-state index in [1.807, 2.05) is 45.4 Å². The molecule has 7 heteroatoms. The molecular formula is C16H27NO5P+. The zero-order chi connectivity index (χ0) is 17.5. The molecule has 0 radical (unpaired) electrons. The normalized spacial score (nSPS) is 13.8. The Labute approximate surface area is 138 Å². The molecule has 0 saturated carbocycles. The Balaban J connectivity index is 2.44. The van der Waals surface area contributed by atoms with Crippen LogP contribution in [0.15, 0.2) is 30.8 Å². The zero-order valence-electron chi connectivity index (χ0n) is 14.0. The third kappa shape index (κ3) is 9.66. The van der Waals surface area contributed by atoms with E-state index in [-0.39, 0.29) is 0 Å². The van der Waals surface area contributed by atoms with Gasteiger partial charge in [-0.05, 0) is 11.1 Å². The number of ether oxygens (including phenoxy) is 1. The van der Waals surface area contributed by atoms with Gasteiger partial charge in [-0.3, -0.25) is 4.52 Å². The second kappa shape index (κ2) is 8.73. The fourth-order valence-corrected chi connectivity index (χ4v) is 2.70. The minimum atomic E-state index is -4.50. The van der Waals surface area contributed by atoms with Crippen molar-refractivity contribution in [1.29, 1.82) is 0 Å². The molecule has 1 rings (SSSR count). The zero-order valence-corrected chi connectivity index (χ0v) is 14.9. The van der Waals surface area contributed by atoms with Crippen LogP contribution in [0.1, 0.15) is 17.5 Å². The molecule has 1 aromatic carbocycles. The first kappa shape index (κ1) is 20.0. The predicted octanol–water partition coefficient (Wildman–Crippen LogP) is 2.42. The maximum atomic E-state index is 11.1. The number of rotatable bonds is 10. The quantitative estimate of drug-likeness (QED) is 0.387. The minimum Gasteiger partial charge on any atom is -0.377 e. The molecule has 0 aliphatic heterocycles. The Morgan fingerprint density at radius 3 is 2.35 bits per heavy atom. The van der Waals surface area contributed by atoms with Crippen LogP contribution in [0.3, 0.4) is 0 Å². The van der Waals surface area contributed by atoms with Crippen LogP contribution in [0.5, 0.6) is 0 Å². The van der Waals surface area contributed by atoms with Crippen molar-refractivity contribution in [2.75, 3.05) is 34.3 Å². The summed E-state index contributed by atoms with van der Waals surface area (Å²) in [6.45, 7) is 5.01. The smallest absolute Gasteiger partial charge is 0.377 e. The molecule has 2 N–H and O–H groups in total. The van der Waals surface area contributed by atoms with E-state index < -0.39 is 13.9 Å². The molecule has 6 nitrogen and oxygen atoms in total.